The summed E-state index contributed by atoms with van der Waals surface area (Å²) in [5, 5.41) is 9.70. The maximum Gasteiger partial charge on any atom is 0.338 e. The number of hydrogen-bond acceptors (Lipinski definition) is 8. The third kappa shape index (κ3) is 4.21. The molecule has 0 radical (unpaired) electrons. The van der Waals surface area contributed by atoms with Crippen LogP contribution in [0.1, 0.15) is 10.4 Å². The van der Waals surface area contributed by atoms with Crippen LogP contribution in [-0.4, -0.2) is 67.9 Å². The predicted molar refractivity (Wildman–Crippen MR) is 87.8 cm³/mol. The lowest BCUT2D eigenvalue weighted by molar-refractivity contribution is -0.138. The summed E-state index contributed by atoms with van der Waals surface area (Å²) >= 11 is 0. The highest BCUT2D eigenvalue weighted by molar-refractivity contribution is 5.89. The van der Waals surface area contributed by atoms with Crippen LogP contribution >= 0.6 is 0 Å². The molecule has 8 nitrogen and oxygen atoms in total. The van der Waals surface area contributed by atoms with E-state index in [1.807, 2.05) is 0 Å². The van der Waals surface area contributed by atoms with Crippen LogP contribution in [0, 0.1) is 0 Å². The van der Waals surface area contributed by atoms with Gasteiger partial charge in [0, 0.05) is 6.08 Å². The lowest BCUT2D eigenvalue weighted by Crippen LogP contribution is -2.34. The molecule has 0 aliphatic carbocycles. The second-order valence-corrected chi connectivity index (χ2v) is 5.85. The van der Waals surface area contributed by atoms with Gasteiger partial charge in [-0.25, -0.2) is 9.59 Å². The maximum atomic E-state index is 12.2. The molecule has 0 amide bonds. The van der Waals surface area contributed by atoms with Gasteiger partial charge in [-0.1, -0.05) is 6.58 Å². The van der Waals surface area contributed by atoms with E-state index in [9.17, 15) is 14.7 Å². The standard InChI is InChI=1S/C18H20O8/c1-2-15(20)23-8-7-22-12-5-3-11(4-6-12)18(21)26-14-10-25-16-13(19)9-24-17(14)16/h2-6,13-14,16-17,19H,1,7-10H2/t13-,14+,16-,17-/m1/s1. The third-order valence-electron chi connectivity index (χ3n) is 4.09. The molecule has 2 aliphatic heterocycles. The lowest BCUT2D eigenvalue weighted by Gasteiger charge is -2.16. The predicted octanol–water partition coefficient (Wildman–Crippen LogP) is 0.478. The van der Waals surface area contributed by atoms with Crippen molar-refractivity contribution in [1.29, 1.82) is 0 Å². The number of aliphatic hydroxyl groups excluding tert-OH is 1. The summed E-state index contributed by atoms with van der Waals surface area (Å²) in [6.45, 7) is 3.96. The molecule has 1 N–H and O–H groups in total. The Morgan fingerprint density at radius 2 is 1.88 bits per heavy atom. The molecule has 2 saturated heterocycles. The molecule has 1 aromatic rings. The minimum absolute atomic E-state index is 0.102. The topological polar surface area (TPSA) is 101 Å². The first-order valence-electron chi connectivity index (χ1n) is 8.23. The first-order valence-corrected chi connectivity index (χ1v) is 8.23. The van der Waals surface area contributed by atoms with Crippen molar-refractivity contribution in [1.82, 2.24) is 0 Å². The summed E-state index contributed by atoms with van der Waals surface area (Å²) in [5.41, 5.74) is 0.359. The molecular weight excluding hydrogens is 344 g/mol. The summed E-state index contributed by atoms with van der Waals surface area (Å²) in [6, 6.07) is 6.39. The van der Waals surface area contributed by atoms with Crippen molar-refractivity contribution in [3.8, 4) is 5.75 Å². The van der Waals surface area contributed by atoms with E-state index in [1.165, 1.54) is 0 Å². The molecule has 8 heteroatoms. The van der Waals surface area contributed by atoms with Crippen LogP contribution in [0.2, 0.25) is 0 Å². The summed E-state index contributed by atoms with van der Waals surface area (Å²) in [5.74, 6) is -0.484. The number of rotatable bonds is 7. The first kappa shape index (κ1) is 18.4. The van der Waals surface area contributed by atoms with Crippen molar-refractivity contribution in [2.75, 3.05) is 26.4 Å². The highest BCUT2D eigenvalue weighted by atomic mass is 16.6. The number of benzene rings is 1. The van der Waals surface area contributed by atoms with Gasteiger partial charge in [-0.3, -0.25) is 0 Å². The summed E-state index contributed by atoms with van der Waals surface area (Å²) in [4.78, 5) is 23.1. The van der Waals surface area contributed by atoms with Gasteiger partial charge < -0.3 is 28.8 Å². The Balaban J connectivity index is 1.46. The van der Waals surface area contributed by atoms with Crippen LogP contribution in [0.25, 0.3) is 0 Å². The lowest BCUT2D eigenvalue weighted by atomic mass is 10.1. The first-order chi connectivity index (χ1) is 12.6. The van der Waals surface area contributed by atoms with Gasteiger partial charge >= 0.3 is 11.9 Å². The zero-order valence-corrected chi connectivity index (χ0v) is 14.0. The van der Waals surface area contributed by atoms with Crippen LogP contribution in [0.15, 0.2) is 36.9 Å². The number of ether oxygens (including phenoxy) is 5. The molecule has 2 fully saturated rings. The Bertz CT molecular complexity index is 656. The molecular formula is C18H20O8. The van der Waals surface area contributed by atoms with Gasteiger partial charge in [0.15, 0.2) is 6.10 Å². The van der Waals surface area contributed by atoms with Crippen LogP contribution in [-0.2, 0) is 23.7 Å². The van der Waals surface area contributed by atoms with Gasteiger partial charge in [0.25, 0.3) is 0 Å². The highest BCUT2D eigenvalue weighted by Crippen LogP contribution is 2.29. The van der Waals surface area contributed by atoms with E-state index in [4.69, 9.17) is 23.7 Å². The van der Waals surface area contributed by atoms with E-state index >= 15 is 0 Å². The SMILES string of the molecule is C=CC(=O)OCCOc1ccc(C(=O)O[C@H]2CO[C@H]3[C@@H]2OC[C@H]3O)cc1. The average Bonchev–Trinajstić information content (AvgIpc) is 3.22. The van der Waals surface area contributed by atoms with Gasteiger partial charge in [-0.05, 0) is 24.3 Å². The molecule has 140 valence electrons. The minimum Gasteiger partial charge on any atom is -0.490 e. The van der Waals surface area contributed by atoms with Gasteiger partial charge in [-0.2, -0.15) is 0 Å². The quantitative estimate of drug-likeness (QED) is 0.424. The van der Waals surface area contributed by atoms with Crippen molar-refractivity contribution >= 4 is 11.9 Å². The minimum atomic E-state index is -0.689. The van der Waals surface area contributed by atoms with E-state index in [1.54, 1.807) is 24.3 Å². The zero-order valence-electron chi connectivity index (χ0n) is 14.0. The number of carbonyl (C=O) groups excluding carboxylic acids is 2. The van der Waals surface area contributed by atoms with E-state index in [-0.39, 0.29) is 26.4 Å². The van der Waals surface area contributed by atoms with Crippen molar-refractivity contribution in [2.45, 2.75) is 24.4 Å². The Hall–Kier alpha value is -2.42. The highest BCUT2D eigenvalue weighted by Gasteiger charge is 2.48. The Labute approximate surface area is 150 Å². The number of carbonyl (C=O) groups is 2. The monoisotopic (exact) mass is 364 g/mol. The van der Waals surface area contributed by atoms with Gasteiger partial charge in [-0.15, -0.1) is 0 Å². The Kier molecular flexibility index (Phi) is 5.87. The van der Waals surface area contributed by atoms with Crippen LogP contribution in [0.4, 0.5) is 0 Å². The van der Waals surface area contributed by atoms with E-state index in [2.05, 4.69) is 6.58 Å². The number of esters is 2. The van der Waals surface area contributed by atoms with Crippen molar-refractivity contribution < 1.29 is 38.4 Å². The normalized spacial score (nSPS) is 26.8. The van der Waals surface area contributed by atoms with Crippen LogP contribution < -0.4 is 4.74 Å². The van der Waals surface area contributed by atoms with Crippen molar-refractivity contribution in [3.05, 3.63) is 42.5 Å². The number of hydrogen-bond donors (Lipinski definition) is 1. The van der Waals surface area contributed by atoms with Gasteiger partial charge in [0.1, 0.15) is 37.3 Å². The average molecular weight is 364 g/mol. The maximum absolute atomic E-state index is 12.2. The molecule has 0 aromatic heterocycles. The molecule has 0 saturated carbocycles. The van der Waals surface area contributed by atoms with Gasteiger partial charge in [0.2, 0.25) is 0 Å². The fourth-order valence-electron chi connectivity index (χ4n) is 2.80. The van der Waals surface area contributed by atoms with Crippen molar-refractivity contribution in [2.24, 2.45) is 0 Å². The molecule has 3 rings (SSSR count). The number of fused-ring (bicyclic) bond motifs is 1. The Morgan fingerprint density at radius 1 is 1.15 bits per heavy atom. The molecule has 0 unspecified atom stereocenters. The van der Waals surface area contributed by atoms with Gasteiger partial charge in [0.05, 0.1) is 18.8 Å². The second kappa shape index (κ2) is 8.31. The van der Waals surface area contributed by atoms with Crippen LogP contribution in [0.5, 0.6) is 5.75 Å². The zero-order chi connectivity index (χ0) is 18.5. The molecule has 2 aliphatic rings. The largest absolute Gasteiger partial charge is 0.490 e. The molecule has 0 bridgehead atoms. The summed E-state index contributed by atoms with van der Waals surface area (Å²) in [6.07, 6.45) is -1.03. The Morgan fingerprint density at radius 3 is 2.62 bits per heavy atom. The smallest absolute Gasteiger partial charge is 0.338 e. The van der Waals surface area contributed by atoms with E-state index in [0.29, 0.717) is 11.3 Å². The third-order valence-corrected chi connectivity index (χ3v) is 4.09. The molecule has 0 spiro atoms. The summed E-state index contributed by atoms with van der Waals surface area (Å²) in [7, 11) is 0. The van der Waals surface area contributed by atoms with E-state index < -0.39 is 36.4 Å². The van der Waals surface area contributed by atoms with Crippen LogP contribution in [0.3, 0.4) is 0 Å². The fraction of sp³-hybridized carbons (Fsp3) is 0.444. The van der Waals surface area contributed by atoms with E-state index in [0.717, 1.165) is 6.08 Å². The molecule has 26 heavy (non-hydrogen) atoms. The number of aliphatic hydroxyl groups is 1. The molecule has 4 atom stereocenters. The fourth-order valence-corrected chi connectivity index (χ4v) is 2.80. The molecule has 2 heterocycles. The molecule has 1 aromatic carbocycles. The van der Waals surface area contributed by atoms with Crippen molar-refractivity contribution in [3.63, 3.8) is 0 Å². The summed E-state index contributed by atoms with van der Waals surface area (Å²) < 4.78 is 26.5. The second-order valence-electron chi connectivity index (χ2n) is 5.85.